The average Bonchev–Trinajstić information content (AvgIpc) is 2.88. The minimum absolute atomic E-state index is 0.0105. The minimum Gasteiger partial charge on any atom is -0.507 e. The van der Waals surface area contributed by atoms with E-state index in [1.54, 1.807) is 24.3 Å². The van der Waals surface area contributed by atoms with Crippen molar-refractivity contribution < 1.29 is 14.9 Å². The Morgan fingerprint density at radius 3 is 2.56 bits per heavy atom. The van der Waals surface area contributed by atoms with Crippen molar-refractivity contribution in [3.05, 3.63) is 65.8 Å². The Morgan fingerprint density at radius 1 is 1.22 bits per heavy atom. The first-order valence-corrected chi connectivity index (χ1v) is 5.54. The maximum atomic E-state index is 9.89. The van der Waals surface area contributed by atoms with Gasteiger partial charge in [-0.2, -0.15) is 0 Å². The average molecular weight is 242 g/mol. The molecule has 0 aliphatic heterocycles. The molecule has 1 aliphatic rings. The second kappa shape index (κ2) is 5.27. The van der Waals surface area contributed by atoms with Crippen LogP contribution in [0.25, 0.3) is 5.76 Å². The molecule has 1 aromatic carbocycles. The molecule has 0 saturated heterocycles. The topological polar surface area (TPSA) is 49.7 Å². The molecule has 0 amide bonds. The fourth-order valence-corrected chi connectivity index (χ4v) is 1.62. The molecule has 0 fully saturated rings. The molecule has 0 bridgehead atoms. The summed E-state index contributed by atoms with van der Waals surface area (Å²) in [6.07, 6.45) is 11.0. The van der Waals surface area contributed by atoms with Crippen molar-refractivity contribution in [1.29, 1.82) is 0 Å². The van der Waals surface area contributed by atoms with Gasteiger partial charge in [-0.05, 0) is 23.8 Å². The molecule has 1 aromatic rings. The predicted octanol–water partition coefficient (Wildman–Crippen LogP) is 3.35. The molecule has 92 valence electrons. The normalized spacial score (nSPS) is 14.1. The van der Waals surface area contributed by atoms with Gasteiger partial charge in [0, 0.05) is 6.07 Å². The Bertz CT molecular complexity index is 549. The Kier molecular flexibility index (Phi) is 3.53. The predicted molar refractivity (Wildman–Crippen MR) is 71.6 cm³/mol. The number of aliphatic hydroxyl groups excluding tert-OH is 1. The van der Waals surface area contributed by atoms with Crippen molar-refractivity contribution in [1.82, 2.24) is 0 Å². The highest BCUT2D eigenvalue weighted by Gasteiger charge is 2.06. The number of methoxy groups -OCH3 is 1. The van der Waals surface area contributed by atoms with E-state index in [1.807, 2.05) is 24.3 Å². The highest BCUT2D eigenvalue weighted by molar-refractivity contribution is 5.67. The third-order valence-electron chi connectivity index (χ3n) is 2.60. The van der Waals surface area contributed by atoms with Crippen LogP contribution in [-0.2, 0) is 0 Å². The van der Waals surface area contributed by atoms with Crippen molar-refractivity contribution >= 4 is 5.76 Å². The van der Waals surface area contributed by atoms with E-state index in [2.05, 4.69) is 0 Å². The number of phenols is 1. The highest BCUT2D eigenvalue weighted by atomic mass is 16.5. The van der Waals surface area contributed by atoms with Crippen LogP contribution in [0.1, 0.15) is 5.56 Å². The Hall–Kier alpha value is -2.42. The molecule has 0 radical (unpaired) electrons. The van der Waals surface area contributed by atoms with Crippen LogP contribution < -0.4 is 4.74 Å². The van der Waals surface area contributed by atoms with Gasteiger partial charge in [0.15, 0.2) is 0 Å². The number of hydrogen-bond donors (Lipinski definition) is 2. The fourth-order valence-electron chi connectivity index (χ4n) is 1.62. The third-order valence-corrected chi connectivity index (χ3v) is 2.60. The van der Waals surface area contributed by atoms with E-state index in [0.29, 0.717) is 11.3 Å². The van der Waals surface area contributed by atoms with E-state index in [1.165, 1.54) is 13.2 Å². The van der Waals surface area contributed by atoms with Gasteiger partial charge >= 0.3 is 0 Å². The summed E-state index contributed by atoms with van der Waals surface area (Å²) in [5.74, 6) is 0.541. The summed E-state index contributed by atoms with van der Waals surface area (Å²) in [7, 11) is 1.52. The van der Waals surface area contributed by atoms with Crippen LogP contribution >= 0.6 is 0 Å². The Labute approximate surface area is 106 Å². The Morgan fingerprint density at radius 2 is 1.94 bits per heavy atom. The molecule has 1 aliphatic carbocycles. The van der Waals surface area contributed by atoms with E-state index in [4.69, 9.17) is 4.74 Å². The largest absolute Gasteiger partial charge is 0.507 e. The molecule has 0 saturated carbocycles. The van der Waals surface area contributed by atoms with Crippen LogP contribution in [0, 0.1) is 0 Å². The summed E-state index contributed by atoms with van der Waals surface area (Å²) in [6.45, 7) is 0. The first kappa shape index (κ1) is 12.0. The van der Waals surface area contributed by atoms with Crippen molar-refractivity contribution in [2.45, 2.75) is 0 Å². The minimum atomic E-state index is -0.0148. The summed E-state index contributed by atoms with van der Waals surface area (Å²) < 4.78 is 4.98. The van der Waals surface area contributed by atoms with Crippen LogP contribution in [0.15, 0.2) is 60.2 Å². The van der Waals surface area contributed by atoms with Crippen LogP contribution in [0.2, 0.25) is 0 Å². The molecule has 3 nitrogen and oxygen atoms in total. The van der Waals surface area contributed by atoms with E-state index in [0.717, 1.165) is 5.57 Å². The zero-order chi connectivity index (χ0) is 13.0. The fraction of sp³-hybridized carbons (Fsp3) is 0.0667. The quantitative estimate of drug-likeness (QED) is 0.799. The number of ether oxygens (including phenoxy) is 1. The lowest BCUT2D eigenvalue weighted by molar-refractivity contribution is 0.406. The van der Waals surface area contributed by atoms with E-state index < -0.39 is 0 Å². The van der Waals surface area contributed by atoms with Crippen molar-refractivity contribution in [2.24, 2.45) is 0 Å². The van der Waals surface area contributed by atoms with Crippen LogP contribution in [-0.4, -0.2) is 17.3 Å². The van der Waals surface area contributed by atoms with Gasteiger partial charge in [0.05, 0.1) is 12.7 Å². The van der Waals surface area contributed by atoms with Crippen LogP contribution in [0.4, 0.5) is 0 Å². The highest BCUT2D eigenvalue weighted by Crippen LogP contribution is 2.28. The van der Waals surface area contributed by atoms with Crippen molar-refractivity contribution in [3.8, 4) is 11.5 Å². The van der Waals surface area contributed by atoms with Gasteiger partial charge in [0.25, 0.3) is 0 Å². The summed E-state index contributed by atoms with van der Waals surface area (Å²) >= 11 is 0. The molecule has 0 unspecified atom stereocenters. The monoisotopic (exact) mass is 242 g/mol. The molecule has 0 atom stereocenters. The maximum Gasteiger partial charge on any atom is 0.130 e. The SMILES string of the molecule is COc1ccc(C(O)=CC=C2C=CC=C2)c(O)c1. The van der Waals surface area contributed by atoms with E-state index in [-0.39, 0.29) is 11.5 Å². The molecular formula is C15H14O3. The second-order valence-electron chi connectivity index (χ2n) is 3.82. The number of phenolic OH excluding ortho intramolecular Hbond substituents is 1. The zero-order valence-electron chi connectivity index (χ0n) is 10.00. The van der Waals surface area contributed by atoms with E-state index >= 15 is 0 Å². The summed E-state index contributed by atoms with van der Waals surface area (Å²) in [6, 6.07) is 4.75. The van der Waals surface area contributed by atoms with Gasteiger partial charge in [-0.25, -0.2) is 0 Å². The summed E-state index contributed by atoms with van der Waals surface area (Å²) in [5.41, 5.74) is 1.37. The number of aliphatic hydroxyl groups is 1. The van der Waals surface area contributed by atoms with Crippen molar-refractivity contribution in [3.63, 3.8) is 0 Å². The van der Waals surface area contributed by atoms with Crippen LogP contribution in [0.5, 0.6) is 11.5 Å². The third kappa shape index (κ3) is 2.63. The first-order valence-electron chi connectivity index (χ1n) is 5.54. The van der Waals surface area contributed by atoms with Gasteiger partial charge in [-0.15, -0.1) is 0 Å². The van der Waals surface area contributed by atoms with Gasteiger partial charge in [-0.3, -0.25) is 0 Å². The molecule has 0 aromatic heterocycles. The number of allylic oxidation sites excluding steroid dienone is 7. The smallest absolute Gasteiger partial charge is 0.130 e. The first-order chi connectivity index (χ1) is 8.70. The maximum absolute atomic E-state index is 9.89. The molecule has 18 heavy (non-hydrogen) atoms. The van der Waals surface area contributed by atoms with Gasteiger partial charge in [0.2, 0.25) is 0 Å². The Balaban J connectivity index is 2.25. The molecular weight excluding hydrogens is 228 g/mol. The van der Waals surface area contributed by atoms with Crippen LogP contribution in [0.3, 0.4) is 0 Å². The summed E-state index contributed by atoms with van der Waals surface area (Å²) in [4.78, 5) is 0. The van der Waals surface area contributed by atoms with Gasteiger partial charge in [-0.1, -0.05) is 30.4 Å². The lowest BCUT2D eigenvalue weighted by Crippen LogP contribution is -1.87. The molecule has 3 heteroatoms. The lowest BCUT2D eigenvalue weighted by Gasteiger charge is -2.05. The molecule has 0 spiro atoms. The molecule has 2 N–H and O–H groups in total. The number of hydrogen-bond acceptors (Lipinski definition) is 3. The number of rotatable bonds is 3. The second-order valence-corrected chi connectivity index (χ2v) is 3.82. The molecule has 0 heterocycles. The number of benzene rings is 1. The van der Waals surface area contributed by atoms with Gasteiger partial charge < -0.3 is 14.9 Å². The summed E-state index contributed by atoms with van der Waals surface area (Å²) in [5, 5.41) is 19.6. The van der Waals surface area contributed by atoms with Crippen molar-refractivity contribution in [2.75, 3.05) is 7.11 Å². The standard InChI is InChI=1S/C15H14O3/c1-18-12-7-8-13(15(17)10-12)14(16)9-6-11-4-2-3-5-11/h2-10,16-17H,1H3. The lowest BCUT2D eigenvalue weighted by atomic mass is 10.1. The van der Waals surface area contributed by atoms with E-state index in [9.17, 15) is 10.2 Å². The molecule has 2 rings (SSSR count). The zero-order valence-corrected chi connectivity index (χ0v) is 10.00. The van der Waals surface area contributed by atoms with Gasteiger partial charge in [0.1, 0.15) is 17.3 Å². The number of aromatic hydroxyl groups is 1.